The number of anilines is 1. The van der Waals surface area contributed by atoms with Gasteiger partial charge in [0.15, 0.2) is 11.9 Å². The number of aliphatic carboxylic acids is 1. The van der Waals surface area contributed by atoms with Crippen molar-refractivity contribution in [3.05, 3.63) is 33.1 Å². The summed E-state index contributed by atoms with van der Waals surface area (Å²) in [5, 5.41) is 11.8. The van der Waals surface area contributed by atoms with E-state index >= 15 is 0 Å². The molecule has 0 amide bonds. The van der Waals surface area contributed by atoms with E-state index in [1.165, 1.54) is 13.3 Å². The monoisotopic (exact) mass is 325 g/mol. The lowest BCUT2D eigenvalue weighted by Crippen LogP contribution is -2.39. The number of carbonyl (C=O) groups is 1. The molecule has 2 aromatic rings. The number of thiophene rings is 1. The Hall–Kier alpha value is -1.86. The molecule has 1 unspecified atom stereocenters. The van der Waals surface area contributed by atoms with Crippen molar-refractivity contribution in [1.29, 1.82) is 0 Å². The summed E-state index contributed by atoms with van der Waals surface area (Å²) in [7, 11) is 1.45. The van der Waals surface area contributed by atoms with Crippen LogP contribution in [0.5, 0.6) is 6.01 Å². The number of rotatable bonds is 3. The summed E-state index contributed by atoms with van der Waals surface area (Å²) < 4.78 is 5.00. The van der Waals surface area contributed by atoms with Crippen LogP contribution in [0.4, 0.5) is 5.82 Å². The fraction of sp³-hybridized carbons (Fsp3) is 0.308. The van der Waals surface area contributed by atoms with Gasteiger partial charge >= 0.3 is 12.0 Å². The van der Waals surface area contributed by atoms with Crippen LogP contribution in [0.15, 0.2) is 17.6 Å². The average molecular weight is 326 g/mol. The molecule has 0 aliphatic carbocycles. The van der Waals surface area contributed by atoms with Crippen LogP contribution in [-0.4, -0.2) is 34.7 Å². The van der Waals surface area contributed by atoms with E-state index in [0.29, 0.717) is 17.4 Å². The Morgan fingerprint density at radius 1 is 1.62 bits per heavy atom. The maximum atomic E-state index is 11.7. The fourth-order valence-electron chi connectivity index (χ4n) is 2.45. The van der Waals surface area contributed by atoms with Gasteiger partial charge in [0.1, 0.15) is 5.02 Å². The maximum absolute atomic E-state index is 11.7. The van der Waals surface area contributed by atoms with E-state index in [0.717, 1.165) is 16.9 Å². The van der Waals surface area contributed by atoms with Crippen molar-refractivity contribution in [2.75, 3.05) is 18.6 Å². The molecule has 0 radical (unpaired) electrons. The number of nitrogens with zero attached hydrogens (tertiary/aromatic N) is 3. The number of halogens is 1. The van der Waals surface area contributed by atoms with Crippen LogP contribution in [0, 0.1) is 0 Å². The number of aromatic nitrogens is 2. The normalized spacial score (nSPS) is 17.4. The average Bonchev–Trinajstić information content (AvgIpc) is 2.94. The highest BCUT2D eigenvalue weighted by Crippen LogP contribution is 2.38. The Morgan fingerprint density at radius 2 is 2.43 bits per heavy atom. The third kappa shape index (κ3) is 2.43. The molecular formula is C13H12ClN3O3S. The van der Waals surface area contributed by atoms with Gasteiger partial charge in [-0.3, -0.25) is 0 Å². The predicted octanol–water partition coefficient (Wildman–Crippen LogP) is 2.39. The highest BCUT2D eigenvalue weighted by molar-refractivity contribution is 7.10. The first-order chi connectivity index (χ1) is 10.1. The molecule has 3 heterocycles. The molecule has 0 bridgehead atoms. The van der Waals surface area contributed by atoms with Crippen LogP contribution >= 0.6 is 22.9 Å². The molecule has 2 aromatic heterocycles. The molecule has 1 N–H and O–H groups in total. The Kier molecular flexibility index (Phi) is 3.69. The molecule has 3 rings (SSSR count). The first-order valence-electron chi connectivity index (χ1n) is 6.24. The second-order valence-electron chi connectivity index (χ2n) is 4.51. The van der Waals surface area contributed by atoms with E-state index in [-0.39, 0.29) is 6.01 Å². The molecule has 1 atom stereocenters. The largest absolute Gasteiger partial charge is 0.479 e. The Bertz CT molecular complexity index is 691. The molecule has 6 nitrogen and oxygen atoms in total. The Labute approximate surface area is 130 Å². The smallest absolute Gasteiger partial charge is 0.331 e. The minimum Gasteiger partial charge on any atom is -0.479 e. The van der Waals surface area contributed by atoms with Crippen molar-refractivity contribution < 1.29 is 14.6 Å². The Balaban J connectivity index is 2.08. The lowest BCUT2D eigenvalue weighted by molar-refractivity contribution is -0.138. The Morgan fingerprint density at radius 3 is 3.14 bits per heavy atom. The minimum absolute atomic E-state index is 0.162. The molecule has 1 aliphatic rings. The highest BCUT2D eigenvalue weighted by atomic mass is 35.5. The zero-order chi connectivity index (χ0) is 15.0. The van der Waals surface area contributed by atoms with Gasteiger partial charge in [0.05, 0.1) is 13.3 Å². The molecule has 0 aromatic carbocycles. The van der Waals surface area contributed by atoms with Crippen molar-refractivity contribution in [3.63, 3.8) is 0 Å². The summed E-state index contributed by atoms with van der Waals surface area (Å²) in [6.07, 6.45) is 2.18. The fourth-order valence-corrected chi connectivity index (χ4v) is 3.56. The number of ether oxygens (including phenoxy) is 1. The number of carboxylic acids is 1. The van der Waals surface area contributed by atoms with Crippen molar-refractivity contribution in [2.45, 2.75) is 12.5 Å². The van der Waals surface area contributed by atoms with Gasteiger partial charge in [-0.25, -0.2) is 9.78 Å². The molecule has 21 heavy (non-hydrogen) atoms. The zero-order valence-electron chi connectivity index (χ0n) is 11.1. The summed E-state index contributed by atoms with van der Waals surface area (Å²) in [4.78, 5) is 22.6. The van der Waals surface area contributed by atoms with Gasteiger partial charge in [0.25, 0.3) is 0 Å². The SMILES string of the molecule is COc1ncc(Cl)c(N2CCc3sccc3C2C(=O)O)n1. The zero-order valence-corrected chi connectivity index (χ0v) is 12.7. The van der Waals surface area contributed by atoms with Crippen molar-refractivity contribution in [2.24, 2.45) is 0 Å². The first kappa shape index (κ1) is 14.1. The van der Waals surface area contributed by atoms with Crippen LogP contribution in [0.25, 0.3) is 0 Å². The van der Waals surface area contributed by atoms with Gasteiger partial charge in [0, 0.05) is 11.4 Å². The topological polar surface area (TPSA) is 75.5 Å². The molecule has 8 heteroatoms. The minimum atomic E-state index is -0.928. The summed E-state index contributed by atoms with van der Waals surface area (Å²) in [5.41, 5.74) is 0.799. The van der Waals surface area contributed by atoms with Gasteiger partial charge in [0.2, 0.25) is 0 Å². The summed E-state index contributed by atoms with van der Waals surface area (Å²) >= 11 is 7.72. The number of hydrogen-bond acceptors (Lipinski definition) is 6. The van der Waals surface area contributed by atoms with Crippen LogP contribution in [0.2, 0.25) is 5.02 Å². The van der Waals surface area contributed by atoms with Crippen LogP contribution in [-0.2, 0) is 11.2 Å². The predicted molar refractivity (Wildman–Crippen MR) is 79.3 cm³/mol. The van der Waals surface area contributed by atoms with Crippen LogP contribution in [0.3, 0.4) is 0 Å². The third-order valence-electron chi connectivity index (χ3n) is 3.36. The summed E-state index contributed by atoms with van der Waals surface area (Å²) in [5.74, 6) is -0.546. The second kappa shape index (κ2) is 5.50. The van der Waals surface area contributed by atoms with E-state index in [9.17, 15) is 9.90 Å². The molecule has 110 valence electrons. The van der Waals surface area contributed by atoms with Gasteiger partial charge in [-0.05, 0) is 23.4 Å². The van der Waals surface area contributed by atoms with Gasteiger partial charge in [-0.1, -0.05) is 11.6 Å². The lowest BCUT2D eigenvalue weighted by Gasteiger charge is -2.34. The van der Waals surface area contributed by atoms with E-state index in [2.05, 4.69) is 9.97 Å². The van der Waals surface area contributed by atoms with Crippen molar-refractivity contribution >= 4 is 34.7 Å². The first-order valence-corrected chi connectivity index (χ1v) is 7.50. The lowest BCUT2D eigenvalue weighted by atomic mass is 10.00. The van der Waals surface area contributed by atoms with E-state index < -0.39 is 12.0 Å². The number of hydrogen-bond donors (Lipinski definition) is 1. The molecule has 0 fully saturated rings. The summed E-state index contributed by atoms with van der Waals surface area (Å²) in [6, 6.07) is 1.21. The van der Waals surface area contributed by atoms with Crippen LogP contribution < -0.4 is 9.64 Å². The van der Waals surface area contributed by atoms with E-state index in [4.69, 9.17) is 16.3 Å². The van der Waals surface area contributed by atoms with Crippen molar-refractivity contribution in [3.8, 4) is 6.01 Å². The number of methoxy groups -OCH3 is 1. The van der Waals surface area contributed by atoms with Gasteiger partial charge in [-0.2, -0.15) is 4.98 Å². The van der Waals surface area contributed by atoms with E-state index in [1.807, 2.05) is 11.4 Å². The molecule has 0 saturated heterocycles. The summed E-state index contributed by atoms with van der Waals surface area (Å²) in [6.45, 7) is 0.532. The number of carboxylic acid groups (broad SMARTS) is 1. The highest BCUT2D eigenvalue weighted by Gasteiger charge is 2.35. The van der Waals surface area contributed by atoms with Crippen LogP contribution in [0.1, 0.15) is 16.5 Å². The van der Waals surface area contributed by atoms with Crippen molar-refractivity contribution in [1.82, 2.24) is 9.97 Å². The van der Waals surface area contributed by atoms with Gasteiger partial charge in [-0.15, -0.1) is 11.3 Å². The molecule has 1 aliphatic heterocycles. The second-order valence-corrected chi connectivity index (χ2v) is 5.92. The van der Waals surface area contributed by atoms with E-state index in [1.54, 1.807) is 16.2 Å². The van der Waals surface area contributed by atoms with Gasteiger partial charge < -0.3 is 14.7 Å². The third-order valence-corrected chi connectivity index (χ3v) is 4.62. The number of fused-ring (bicyclic) bond motifs is 1. The quantitative estimate of drug-likeness (QED) is 0.934. The molecule has 0 saturated carbocycles. The molecular weight excluding hydrogens is 314 g/mol. The molecule has 0 spiro atoms. The standard InChI is InChI=1S/C13H12ClN3O3S/c1-20-13-15-6-8(14)11(16-13)17-4-2-9-7(3-5-21-9)10(17)12(18)19/h3,5-6,10H,2,4H2,1H3,(H,18,19). The maximum Gasteiger partial charge on any atom is 0.331 e.